The molecule has 0 radical (unpaired) electrons. The number of hydrogen-bond acceptors (Lipinski definition) is 4. The van der Waals surface area contributed by atoms with Crippen molar-refractivity contribution in [2.24, 2.45) is 10.9 Å². The van der Waals surface area contributed by atoms with Crippen LogP contribution >= 0.6 is 0 Å². The van der Waals surface area contributed by atoms with Crippen LogP contribution in [0.5, 0.6) is 11.5 Å². The summed E-state index contributed by atoms with van der Waals surface area (Å²) >= 11 is 0. The van der Waals surface area contributed by atoms with Gasteiger partial charge in [-0.1, -0.05) is 25.0 Å². The summed E-state index contributed by atoms with van der Waals surface area (Å²) in [7, 11) is 0. The van der Waals surface area contributed by atoms with Gasteiger partial charge in [0.25, 0.3) is 0 Å². The lowest BCUT2D eigenvalue weighted by Crippen LogP contribution is -2.38. The second kappa shape index (κ2) is 9.31. The molecule has 0 spiro atoms. The van der Waals surface area contributed by atoms with Crippen LogP contribution in [0.3, 0.4) is 0 Å². The molecule has 5 nitrogen and oxygen atoms in total. The van der Waals surface area contributed by atoms with Gasteiger partial charge < -0.3 is 14.5 Å². The molecule has 1 saturated carbocycles. The molecule has 2 aliphatic heterocycles. The first kappa shape index (κ1) is 22.7. The Morgan fingerprint density at radius 1 is 0.971 bits per heavy atom. The van der Waals surface area contributed by atoms with Crippen molar-refractivity contribution in [3.05, 3.63) is 53.6 Å². The smallest absolute Gasteiger partial charge is 0.416 e. The summed E-state index contributed by atoms with van der Waals surface area (Å²) in [6.45, 7) is 2.63. The average Bonchev–Trinajstić information content (AvgIpc) is 3.11. The van der Waals surface area contributed by atoms with Crippen molar-refractivity contribution in [2.75, 3.05) is 26.2 Å². The first-order valence-electron chi connectivity index (χ1n) is 12.0. The number of aliphatic imine (C=N–C) groups is 1. The number of benzene rings is 2. The van der Waals surface area contributed by atoms with Crippen LogP contribution in [0, 0.1) is 5.92 Å². The van der Waals surface area contributed by atoms with E-state index in [0.29, 0.717) is 55.8 Å². The first-order chi connectivity index (χ1) is 16.4. The Balaban J connectivity index is 1.40. The highest BCUT2D eigenvalue weighted by atomic mass is 19.4. The second-order valence-electron chi connectivity index (χ2n) is 9.29. The highest BCUT2D eigenvalue weighted by Crippen LogP contribution is 2.42. The highest BCUT2D eigenvalue weighted by molar-refractivity contribution is 6.03. The minimum absolute atomic E-state index is 0.0838. The van der Waals surface area contributed by atoms with E-state index in [2.05, 4.69) is 4.90 Å². The fourth-order valence-electron chi connectivity index (χ4n) is 5.11. The zero-order valence-corrected chi connectivity index (χ0v) is 19.0. The normalized spacial score (nSPS) is 19.0. The van der Waals surface area contributed by atoms with Gasteiger partial charge in [-0.05, 0) is 55.5 Å². The van der Waals surface area contributed by atoms with Crippen molar-refractivity contribution >= 4 is 17.4 Å². The van der Waals surface area contributed by atoms with Crippen molar-refractivity contribution in [1.29, 1.82) is 0 Å². The number of nitrogens with zero attached hydrogens (tertiary/aromatic N) is 3. The van der Waals surface area contributed by atoms with Gasteiger partial charge in [0.2, 0.25) is 5.91 Å². The number of carbonyl (C=O) groups is 1. The van der Waals surface area contributed by atoms with Crippen LogP contribution in [0.15, 0.2) is 47.5 Å². The number of rotatable bonds is 2. The van der Waals surface area contributed by atoms with Crippen molar-refractivity contribution < 1.29 is 22.7 Å². The fraction of sp³-hybridized carbons (Fsp3) is 0.462. The molecule has 34 heavy (non-hydrogen) atoms. The zero-order valence-electron chi connectivity index (χ0n) is 19.0. The summed E-state index contributed by atoms with van der Waals surface area (Å²) in [6, 6.07) is 10.7. The molecule has 8 heteroatoms. The van der Waals surface area contributed by atoms with Crippen LogP contribution in [0.1, 0.15) is 49.7 Å². The van der Waals surface area contributed by atoms with Crippen LogP contribution in [-0.2, 0) is 11.0 Å². The molecular formula is C26H28F3N3O2. The molecule has 0 atom stereocenters. The molecule has 1 saturated heterocycles. The standard InChI is InChI=1S/C26H28F3N3O2/c27-26(28,29)19-10-11-21-23(17-19)34-22-9-4-3-8-20(22)25(30-21)32-13-5-12-31(14-15-32)24(33)16-18-6-1-2-7-18/h3-4,8-11,17-18H,1-2,5-7,12-16H2. The second-order valence-corrected chi connectivity index (χ2v) is 9.29. The van der Waals surface area contributed by atoms with E-state index in [1.165, 1.54) is 18.9 Å². The van der Waals surface area contributed by atoms with Crippen LogP contribution in [0.4, 0.5) is 18.9 Å². The Labute approximate surface area is 197 Å². The van der Waals surface area contributed by atoms with Crippen molar-refractivity contribution in [3.63, 3.8) is 0 Å². The number of amidine groups is 1. The lowest BCUT2D eigenvalue weighted by molar-refractivity contribution is -0.137. The third-order valence-electron chi connectivity index (χ3n) is 6.95. The number of amides is 1. The number of alkyl halides is 3. The Morgan fingerprint density at radius 2 is 1.76 bits per heavy atom. The quantitative estimate of drug-likeness (QED) is 0.539. The Hall–Kier alpha value is -3.03. The lowest BCUT2D eigenvalue weighted by Gasteiger charge is -2.25. The van der Waals surface area contributed by atoms with E-state index >= 15 is 0 Å². The summed E-state index contributed by atoms with van der Waals surface area (Å²) in [5, 5.41) is 0. The van der Waals surface area contributed by atoms with Crippen LogP contribution < -0.4 is 4.74 Å². The molecule has 180 valence electrons. The predicted molar refractivity (Wildman–Crippen MR) is 124 cm³/mol. The SMILES string of the molecule is O=C(CC1CCCC1)N1CCCN(C2=Nc3ccc(C(F)(F)F)cc3Oc3ccccc32)CC1. The Morgan fingerprint density at radius 3 is 2.56 bits per heavy atom. The molecule has 0 unspecified atom stereocenters. The van der Waals surface area contributed by atoms with Gasteiger partial charge in [-0.3, -0.25) is 4.79 Å². The monoisotopic (exact) mass is 471 g/mol. The third-order valence-corrected chi connectivity index (χ3v) is 6.95. The molecule has 2 fully saturated rings. The van der Waals surface area contributed by atoms with Crippen molar-refractivity contribution in [3.8, 4) is 11.5 Å². The van der Waals surface area contributed by atoms with Gasteiger partial charge >= 0.3 is 6.18 Å². The summed E-state index contributed by atoms with van der Waals surface area (Å²) in [4.78, 5) is 21.7. The number of fused-ring (bicyclic) bond motifs is 2. The van der Waals surface area contributed by atoms with E-state index in [9.17, 15) is 18.0 Å². The number of hydrogen-bond donors (Lipinski definition) is 0. The number of halogens is 3. The van der Waals surface area contributed by atoms with E-state index < -0.39 is 11.7 Å². The maximum Gasteiger partial charge on any atom is 0.416 e. The van der Waals surface area contributed by atoms with Gasteiger partial charge in [0, 0.05) is 32.6 Å². The van der Waals surface area contributed by atoms with Crippen LogP contribution in [0.2, 0.25) is 0 Å². The van der Waals surface area contributed by atoms with Crippen LogP contribution in [0.25, 0.3) is 0 Å². The maximum absolute atomic E-state index is 13.3. The van der Waals surface area contributed by atoms with Gasteiger partial charge in [0.1, 0.15) is 17.3 Å². The van der Waals surface area contributed by atoms with E-state index in [1.807, 2.05) is 17.0 Å². The molecule has 3 aliphatic rings. The van der Waals surface area contributed by atoms with Gasteiger partial charge in [-0.15, -0.1) is 0 Å². The molecule has 5 rings (SSSR count). The van der Waals surface area contributed by atoms with Gasteiger partial charge in [0.15, 0.2) is 5.75 Å². The van der Waals surface area contributed by atoms with Gasteiger partial charge in [-0.25, -0.2) is 4.99 Å². The topological polar surface area (TPSA) is 45.1 Å². The number of carbonyl (C=O) groups excluding carboxylic acids is 1. The third kappa shape index (κ3) is 4.76. The molecule has 1 amide bonds. The zero-order chi connectivity index (χ0) is 23.7. The fourth-order valence-corrected chi connectivity index (χ4v) is 5.11. The Bertz CT molecular complexity index is 1090. The molecule has 0 N–H and O–H groups in total. The van der Waals surface area contributed by atoms with Crippen LogP contribution in [-0.4, -0.2) is 47.7 Å². The number of para-hydroxylation sites is 1. The van der Waals surface area contributed by atoms with Gasteiger partial charge in [0.05, 0.1) is 11.1 Å². The average molecular weight is 472 g/mol. The first-order valence-corrected chi connectivity index (χ1v) is 12.0. The van der Waals surface area contributed by atoms with E-state index in [4.69, 9.17) is 9.73 Å². The predicted octanol–water partition coefficient (Wildman–Crippen LogP) is 6.00. The highest BCUT2D eigenvalue weighted by Gasteiger charge is 2.33. The van der Waals surface area contributed by atoms with E-state index in [-0.39, 0.29) is 11.7 Å². The molecule has 2 aromatic rings. The van der Waals surface area contributed by atoms with E-state index in [1.54, 1.807) is 12.1 Å². The minimum Gasteiger partial charge on any atom is -0.454 e. The molecular weight excluding hydrogens is 443 g/mol. The Kier molecular flexibility index (Phi) is 6.23. The largest absolute Gasteiger partial charge is 0.454 e. The molecule has 2 aromatic carbocycles. The summed E-state index contributed by atoms with van der Waals surface area (Å²) in [5.74, 6) is 1.96. The van der Waals surface area contributed by atoms with E-state index in [0.717, 1.165) is 37.0 Å². The molecule has 0 bridgehead atoms. The van der Waals surface area contributed by atoms with Crippen molar-refractivity contribution in [1.82, 2.24) is 9.80 Å². The number of ether oxygens (including phenoxy) is 1. The summed E-state index contributed by atoms with van der Waals surface area (Å²) < 4.78 is 45.7. The molecule has 2 heterocycles. The minimum atomic E-state index is -4.46. The molecule has 0 aromatic heterocycles. The van der Waals surface area contributed by atoms with Gasteiger partial charge in [-0.2, -0.15) is 13.2 Å². The molecule has 1 aliphatic carbocycles. The van der Waals surface area contributed by atoms with Crippen molar-refractivity contribution in [2.45, 2.75) is 44.7 Å². The summed E-state index contributed by atoms with van der Waals surface area (Å²) in [6.07, 6.45) is 1.71. The summed E-state index contributed by atoms with van der Waals surface area (Å²) in [5.41, 5.74) is 0.323. The maximum atomic E-state index is 13.3. The lowest BCUT2D eigenvalue weighted by atomic mass is 10.0.